The number of rotatable bonds is 17. The molecule has 0 aromatic carbocycles. The summed E-state index contributed by atoms with van der Waals surface area (Å²) in [5.41, 5.74) is 13.2. The van der Waals surface area contributed by atoms with Gasteiger partial charge >= 0.3 is 0 Å². The fourth-order valence-electron chi connectivity index (χ4n) is 4.92. The Bertz CT molecular complexity index is 1290. The summed E-state index contributed by atoms with van der Waals surface area (Å²) >= 11 is 0. The molecule has 2 heterocycles. The highest BCUT2D eigenvalue weighted by atomic mass is 16.1. The molecule has 0 fully saturated rings. The summed E-state index contributed by atoms with van der Waals surface area (Å²) < 4.78 is 0. The van der Waals surface area contributed by atoms with Gasteiger partial charge in [0, 0.05) is 78.4 Å². The van der Waals surface area contributed by atoms with Crippen molar-refractivity contribution in [2.75, 3.05) is 13.6 Å². The highest BCUT2D eigenvalue weighted by Gasteiger charge is 2.22. The molecular weight excluding hydrogens is 643 g/mol. The van der Waals surface area contributed by atoms with E-state index in [1.54, 1.807) is 25.7 Å². The Morgan fingerprint density at radius 2 is 1.71 bits per heavy atom. The molecule has 0 saturated carbocycles. The topological polar surface area (TPSA) is 131 Å². The van der Waals surface area contributed by atoms with Crippen molar-refractivity contribution in [3.8, 4) is 0 Å². The van der Waals surface area contributed by atoms with Gasteiger partial charge in [0.2, 0.25) is 0 Å². The van der Waals surface area contributed by atoms with Crippen molar-refractivity contribution in [1.29, 1.82) is 5.41 Å². The number of nitrogens with one attached hydrogen (secondary N) is 5. The van der Waals surface area contributed by atoms with Crippen LogP contribution in [0, 0.1) is 16.7 Å². The second-order valence-electron chi connectivity index (χ2n) is 12.7. The van der Waals surface area contributed by atoms with E-state index in [2.05, 4.69) is 86.5 Å². The van der Waals surface area contributed by atoms with Crippen LogP contribution in [0.2, 0.25) is 0 Å². The fourth-order valence-corrected chi connectivity index (χ4v) is 4.92. The summed E-state index contributed by atoms with van der Waals surface area (Å²) in [7, 11) is 1.71. The van der Waals surface area contributed by atoms with Crippen LogP contribution >= 0.6 is 0 Å². The Morgan fingerprint density at radius 3 is 2.19 bits per heavy atom. The van der Waals surface area contributed by atoms with Crippen molar-refractivity contribution in [2.24, 2.45) is 22.1 Å². The van der Waals surface area contributed by atoms with Gasteiger partial charge in [-0.25, -0.2) is 0 Å². The zero-order valence-electron chi connectivity index (χ0n) is 36.4. The summed E-state index contributed by atoms with van der Waals surface area (Å²) in [5.74, 6) is 0.0736. The van der Waals surface area contributed by atoms with Gasteiger partial charge in [0.15, 0.2) is 0 Å². The molecule has 2 unspecified atom stereocenters. The first-order valence-corrected chi connectivity index (χ1v) is 20.2. The van der Waals surface area contributed by atoms with Crippen molar-refractivity contribution in [2.45, 2.75) is 155 Å². The number of H-pyrrole nitrogens is 1. The normalized spacial score (nSPS) is 15.2. The predicted octanol–water partition coefficient (Wildman–Crippen LogP) is 11.3. The van der Waals surface area contributed by atoms with Gasteiger partial charge < -0.3 is 32.1 Å². The molecule has 8 heteroatoms. The van der Waals surface area contributed by atoms with E-state index in [9.17, 15) is 4.79 Å². The smallest absolute Gasteiger partial charge is 0.252 e. The maximum Gasteiger partial charge on any atom is 0.252 e. The molecule has 0 aliphatic carbocycles. The number of hydrogen-bond acceptors (Lipinski definition) is 6. The number of allylic oxidation sites excluding steroid dienone is 4. The molecule has 298 valence electrons. The first kappa shape index (κ1) is 52.5. The van der Waals surface area contributed by atoms with Crippen LogP contribution in [-0.2, 0) is 4.79 Å². The van der Waals surface area contributed by atoms with Gasteiger partial charge in [0.05, 0.1) is 11.6 Å². The highest BCUT2D eigenvalue weighted by molar-refractivity contribution is 6.10. The minimum absolute atomic E-state index is 0.0234. The monoisotopic (exact) mass is 724 g/mol. The predicted molar refractivity (Wildman–Crippen MR) is 234 cm³/mol. The third-order valence-electron chi connectivity index (χ3n) is 8.50. The molecule has 8 nitrogen and oxygen atoms in total. The summed E-state index contributed by atoms with van der Waals surface area (Å²) in [4.78, 5) is 20.1. The van der Waals surface area contributed by atoms with E-state index in [0.717, 1.165) is 58.6 Å². The van der Waals surface area contributed by atoms with E-state index in [1.807, 2.05) is 67.7 Å². The number of aliphatic imine (C=N–C) groups is 1. The summed E-state index contributed by atoms with van der Waals surface area (Å²) in [6.45, 7) is 32.3. The molecule has 1 aromatic rings. The summed E-state index contributed by atoms with van der Waals surface area (Å²) in [6, 6.07) is 2.03. The summed E-state index contributed by atoms with van der Waals surface area (Å²) in [5, 5.41) is 18.2. The Morgan fingerprint density at radius 1 is 1.08 bits per heavy atom. The Kier molecular flexibility index (Phi) is 32.2. The lowest BCUT2D eigenvalue weighted by molar-refractivity contribution is -0.117. The van der Waals surface area contributed by atoms with Crippen molar-refractivity contribution in [1.82, 2.24) is 20.9 Å². The lowest BCUT2D eigenvalue weighted by Crippen LogP contribution is -2.37. The van der Waals surface area contributed by atoms with E-state index < -0.39 is 0 Å². The molecule has 0 spiro atoms. The molecule has 2 atom stereocenters. The Balaban J connectivity index is -0.00000136. The second kappa shape index (κ2) is 31.9. The first-order valence-electron chi connectivity index (χ1n) is 20.2. The number of aromatic nitrogens is 1. The molecule has 0 bridgehead atoms. The van der Waals surface area contributed by atoms with Crippen LogP contribution in [0.5, 0.6) is 0 Å². The number of amides is 1. The molecule has 0 saturated heterocycles. The molecule has 1 aliphatic heterocycles. The second-order valence-corrected chi connectivity index (χ2v) is 12.7. The molecule has 7 N–H and O–H groups in total. The van der Waals surface area contributed by atoms with Crippen LogP contribution < -0.4 is 21.7 Å². The van der Waals surface area contributed by atoms with Crippen molar-refractivity contribution < 1.29 is 4.79 Å². The van der Waals surface area contributed by atoms with E-state index in [4.69, 9.17) is 11.1 Å². The average Bonchev–Trinajstić information content (AvgIpc) is 3.66. The van der Waals surface area contributed by atoms with Gasteiger partial charge in [-0.1, -0.05) is 122 Å². The molecule has 0 radical (unpaired) electrons. The van der Waals surface area contributed by atoms with Gasteiger partial charge in [0.1, 0.15) is 0 Å². The van der Waals surface area contributed by atoms with Crippen LogP contribution in [0.25, 0.3) is 11.1 Å². The SMILES string of the molecule is CC.CC.CC.CC/C=C(NC1=CC(C(=O)NCCC)=CNC1C)/C(C=N)=C(/c1cc(/C(C=NC)=C/N)c[nH]1)C(C)CC.CCCCC(C)(C)CC. The third-order valence-corrected chi connectivity index (χ3v) is 8.50. The van der Waals surface area contributed by atoms with Gasteiger partial charge in [0.25, 0.3) is 5.91 Å². The van der Waals surface area contributed by atoms with E-state index in [-0.39, 0.29) is 17.9 Å². The maximum absolute atomic E-state index is 12.6. The lowest BCUT2D eigenvalue weighted by atomic mass is 9.85. The number of dihydropyridines is 1. The molecule has 1 aromatic heterocycles. The Labute approximate surface area is 321 Å². The number of unbranched alkanes of at least 4 members (excludes halogenated alkanes) is 1. The quantitative estimate of drug-likeness (QED) is 0.0705. The maximum atomic E-state index is 12.6. The van der Waals surface area contributed by atoms with E-state index in [1.165, 1.54) is 31.9 Å². The van der Waals surface area contributed by atoms with Gasteiger partial charge in [-0.3, -0.25) is 9.79 Å². The minimum Gasteiger partial charge on any atom is -0.404 e. The molecular formula is C44H81N7O. The summed E-state index contributed by atoms with van der Waals surface area (Å²) in [6.07, 6.45) is 20.3. The number of hydrogen-bond donors (Lipinski definition) is 6. The molecule has 1 aliphatic rings. The van der Waals surface area contributed by atoms with Crippen LogP contribution in [-0.4, -0.2) is 43.0 Å². The highest BCUT2D eigenvalue weighted by Crippen LogP contribution is 2.32. The molecule has 52 heavy (non-hydrogen) atoms. The minimum atomic E-state index is -0.108. The van der Waals surface area contributed by atoms with Gasteiger partial charge in [-0.15, -0.1) is 0 Å². The number of aromatic amines is 1. The number of carbonyl (C=O) groups is 1. The first-order chi connectivity index (χ1) is 25.0. The van der Waals surface area contributed by atoms with E-state index in [0.29, 0.717) is 17.5 Å². The fraction of sp³-hybridized carbons (Fsp3) is 0.614. The van der Waals surface area contributed by atoms with Crippen molar-refractivity contribution >= 4 is 29.5 Å². The van der Waals surface area contributed by atoms with Crippen molar-refractivity contribution in [3.05, 3.63) is 70.6 Å². The number of carbonyl (C=O) groups excluding carboxylic acids is 1. The van der Waals surface area contributed by atoms with Crippen LogP contribution in [0.4, 0.5) is 0 Å². The van der Waals surface area contributed by atoms with E-state index >= 15 is 0 Å². The van der Waals surface area contributed by atoms with Crippen LogP contribution in [0.1, 0.15) is 160 Å². The van der Waals surface area contributed by atoms with Crippen molar-refractivity contribution in [3.63, 3.8) is 0 Å². The van der Waals surface area contributed by atoms with Gasteiger partial charge in [-0.2, -0.15) is 0 Å². The zero-order valence-corrected chi connectivity index (χ0v) is 36.4. The standard InChI is InChI=1S/C29H43N7O.C9H20.3C2H6/c1-7-10-25(36-26-13-22(18-34-20(26)5)29(37)33-11-8-2)24(15-31)28(19(4)9-3)27-12-21(17-35-27)23(14-30)16-32-6;1-5-7-8-9(3,4)6-2;3*1-2/h10,12-20,31,34-36H,7-9,11,30H2,1-6H3,(H,33,37);5-8H2,1-4H3;3*1-2H3/b23-14+,25-10-,28-24+,31-15?,32-16?;;;;. The van der Waals surface area contributed by atoms with Crippen LogP contribution in [0.15, 0.2) is 64.3 Å². The molecule has 1 amide bonds. The average molecular weight is 724 g/mol. The third kappa shape index (κ3) is 19.1. The molecule has 2 rings (SSSR count). The number of nitrogens with zero attached hydrogens (tertiary/aromatic N) is 1. The number of nitrogens with two attached hydrogens (primary N) is 1. The lowest BCUT2D eigenvalue weighted by Gasteiger charge is -2.26. The zero-order chi connectivity index (χ0) is 40.7. The van der Waals surface area contributed by atoms with Crippen LogP contribution in [0.3, 0.4) is 0 Å². The van der Waals surface area contributed by atoms with Gasteiger partial charge in [-0.05, 0) is 61.7 Å². The largest absolute Gasteiger partial charge is 0.404 e. The Hall–Kier alpha value is -3.81.